The Labute approximate surface area is 123 Å². The van der Waals surface area contributed by atoms with Gasteiger partial charge in [0.25, 0.3) is 0 Å². The lowest BCUT2D eigenvalue weighted by molar-refractivity contribution is 0.104. The Morgan fingerprint density at radius 1 is 1.19 bits per heavy atom. The van der Waals surface area contributed by atoms with E-state index in [1.54, 1.807) is 18.7 Å². The number of carbonyl (C=O) groups is 1. The molecule has 21 heavy (non-hydrogen) atoms. The van der Waals surface area contributed by atoms with Gasteiger partial charge in [-0.25, -0.2) is 9.97 Å². The number of imidazole rings is 1. The standard InChI is InChI=1S/C15H10N4OS/c20-14(10-5-17-11-4-2-1-3-9(10)11)15-19-13(7-21-15)12-6-16-8-18-12/h1-8,17H,(H,16,18). The van der Waals surface area contributed by atoms with Crippen molar-refractivity contribution in [2.45, 2.75) is 0 Å². The molecule has 0 unspecified atom stereocenters. The summed E-state index contributed by atoms with van der Waals surface area (Å²) < 4.78 is 0. The molecule has 2 N–H and O–H groups in total. The van der Waals surface area contributed by atoms with Gasteiger partial charge in [-0.1, -0.05) is 18.2 Å². The van der Waals surface area contributed by atoms with E-state index in [1.807, 2.05) is 29.6 Å². The fourth-order valence-corrected chi connectivity index (χ4v) is 3.04. The minimum atomic E-state index is -0.0665. The summed E-state index contributed by atoms with van der Waals surface area (Å²) in [5.74, 6) is -0.0665. The van der Waals surface area contributed by atoms with Crippen molar-refractivity contribution >= 4 is 28.0 Å². The molecule has 0 saturated heterocycles. The van der Waals surface area contributed by atoms with Gasteiger partial charge in [-0.05, 0) is 6.07 Å². The molecular weight excluding hydrogens is 284 g/mol. The minimum Gasteiger partial charge on any atom is -0.360 e. The maximum absolute atomic E-state index is 12.6. The molecule has 0 amide bonds. The Hall–Kier alpha value is -2.73. The number of H-pyrrole nitrogens is 2. The van der Waals surface area contributed by atoms with E-state index < -0.39 is 0 Å². The number of carbonyl (C=O) groups excluding carboxylic acids is 1. The average molecular weight is 294 g/mol. The number of nitrogens with one attached hydrogen (secondary N) is 2. The fourth-order valence-electron chi connectivity index (χ4n) is 2.27. The fraction of sp³-hybridized carbons (Fsp3) is 0. The first kappa shape index (κ1) is 12.0. The van der Waals surface area contributed by atoms with Crippen LogP contribution in [0.2, 0.25) is 0 Å². The molecule has 5 nitrogen and oxygen atoms in total. The second-order valence-electron chi connectivity index (χ2n) is 4.58. The van der Waals surface area contributed by atoms with E-state index in [-0.39, 0.29) is 5.78 Å². The number of aromatic nitrogens is 4. The van der Waals surface area contributed by atoms with E-state index in [0.29, 0.717) is 10.6 Å². The lowest BCUT2D eigenvalue weighted by Crippen LogP contribution is -1.99. The number of fused-ring (bicyclic) bond motifs is 1. The first-order valence-corrected chi connectivity index (χ1v) is 7.26. The molecule has 1 aromatic carbocycles. The van der Waals surface area contributed by atoms with Crippen LogP contribution in [0.15, 0.2) is 48.4 Å². The number of ketones is 1. The number of hydrogen-bond acceptors (Lipinski definition) is 4. The second kappa shape index (κ2) is 4.68. The van der Waals surface area contributed by atoms with Crippen LogP contribution in [0.1, 0.15) is 15.4 Å². The van der Waals surface area contributed by atoms with Crippen LogP contribution >= 0.6 is 11.3 Å². The third-order valence-electron chi connectivity index (χ3n) is 3.31. The molecule has 3 aromatic heterocycles. The molecule has 0 bridgehead atoms. The maximum atomic E-state index is 12.6. The van der Waals surface area contributed by atoms with Crippen molar-refractivity contribution in [2.75, 3.05) is 0 Å². The lowest BCUT2D eigenvalue weighted by atomic mass is 10.1. The molecule has 0 atom stereocenters. The number of aromatic amines is 2. The summed E-state index contributed by atoms with van der Waals surface area (Å²) >= 11 is 1.34. The van der Waals surface area contributed by atoms with Crippen molar-refractivity contribution in [1.29, 1.82) is 0 Å². The molecule has 4 aromatic rings. The summed E-state index contributed by atoms with van der Waals surface area (Å²) in [4.78, 5) is 27.1. The van der Waals surface area contributed by atoms with E-state index in [9.17, 15) is 4.79 Å². The van der Waals surface area contributed by atoms with Gasteiger partial charge in [0, 0.05) is 22.5 Å². The highest BCUT2D eigenvalue weighted by molar-refractivity contribution is 7.12. The van der Waals surface area contributed by atoms with Gasteiger partial charge in [-0.15, -0.1) is 11.3 Å². The van der Waals surface area contributed by atoms with Crippen LogP contribution in [-0.4, -0.2) is 25.7 Å². The zero-order chi connectivity index (χ0) is 14.2. The predicted octanol–water partition coefficient (Wildman–Crippen LogP) is 3.25. The first-order valence-electron chi connectivity index (χ1n) is 6.38. The smallest absolute Gasteiger partial charge is 0.223 e. The third-order valence-corrected chi connectivity index (χ3v) is 4.15. The number of thiazole rings is 1. The van der Waals surface area contributed by atoms with Crippen LogP contribution in [0.5, 0.6) is 0 Å². The van der Waals surface area contributed by atoms with Gasteiger partial charge in [-0.3, -0.25) is 4.79 Å². The SMILES string of the molecule is O=C(c1nc(-c2cnc[nH]2)cs1)c1c[nH]c2ccccc12. The van der Waals surface area contributed by atoms with Gasteiger partial charge in [0.1, 0.15) is 0 Å². The van der Waals surface area contributed by atoms with Crippen molar-refractivity contribution in [1.82, 2.24) is 19.9 Å². The van der Waals surface area contributed by atoms with Gasteiger partial charge >= 0.3 is 0 Å². The molecule has 0 aliphatic rings. The molecular formula is C15H10N4OS. The summed E-state index contributed by atoms with van der Waals surface area (Å²) in [5, 5.41) is 3.25. The van der Waals surface area contributed by atoms with Gasteiger partial charge < -0.3 is 9.97 Å². The molecule has 102 valence electrons. The average Bonchev–Trinajstić information content (AvgIpc) is 3.25. The van der Waals surface area contributed by atoms with Crippen molar-refractivity contribution in [3.05, 3.63) is 58.9 Å². The Balaban J connectivity index is 1.75. The zero-order valence-corrected chi connectivity index (χ0v) is 11.6. The van der Waals surface area contributed by atoms with Crippen molar-refractivity contribution in [3.63, 3.8) is 0 Å². The van der Waals surface area contributed by atoms with Gasteiger partial charge in [-0.2, -0.15) is 0 Å². The van der Waals surface area contributed by atoms with E-state index in [1.165, 1.54) is 11.3 Å². The number of nitrogens with zero attached hydrogens (tertiary/aromatic N) is 2. The zero-order valence-electron chi connectivity index (χ0n) is 10.8. The molecule has 0 radical (unpaired) electrons. The highest BCUT2D eigenvalue weighted by Crippen LogP contribution is 2.25. The van der Waals surface area contributed by atoms with E-state index in [4.69, 9.17) is 0 Å². The second-order valence-corrected chi connectivity index (χ2v) is 5.44. The van der Waals surface area contributed by atoms with Crippen molar-refractivity contribution in [3.8, 4) is 11.4 Å². The Kier molecular flexibility index (Phi) is 2.68. The molecule has 0 aliphatic heterocycles. The number of hydrogen-bond donors (Lipinski definition) is 2. The normalized spacial score (nSPS) is 11.0. The van der Waals surface area contributed by atoms with Crippen molar-refractivity contribution < 1.29 is 4.79 Å². The summed E-state index contributed by atoms with van der Waals surface area (Å²) in [7, 11) is 0. The molecule has 0 saturated carbocycles. The van der Waals surface area contributed by atoms with Crippen LogP contribution in [-0.2, 0) is 0 Å². The monoisotopic (exact) mass is 294 g/mol. The topological polar surface area (TPSA) is 74.4 Å². The van der Waals surface area contributed by atoms with Crippen LogP contribution in [0.4, 0.5) is 0 Å². The molecule has 6 heteroatoms. The van der Waals surface area contributed by atoms with Gasteiger partial charge in [0.05, 0.1) is 29.5 Å². The highest BCUT2D eigenvalue weighted by Gasteiger charge is 2.18. The van der Waals surface area contributed by atoms with Crippen LogP contribution in [0.25, 0.3) is 22.3 Å². The molecule has 0 aliphatic carbocycles. The van der Waals surface area contributed by atoms with Gasteiger partial charge in [0.15, 0.2) is 5.01 Å². The van der Waals surface area contributed by atoms with Crippen LogP contribution < -0.4 is 0 Å². The van der Waals surface area contributed by atoms with E-state index in [0.717, 1.165) is 22.3 Å². The van der Waals surface area contributed by atoms with E-state index >= 15 is 0 Å². The number of rotatable bonds is 3. The first-order chi connectivity index (χ1) is 10.3. The predicted molar refractivity (Wildman–Crippen MR) is 81.4 cm³/mol. The molecule has 0 fully saturated rings. The van der Waals surface area contributed by atoms with Crippen molar-refractivity contribution in [2.24, 2.45) is 0 Å². The lowest BCUT2D eigenvalue weighted by Gasteiger charge is -1.95. The minimum absolute atomic E-state index is 0.0665. The molecule has 3 heterocycles. The third kappa shape index (κ3) is 1.96. The number of benzene rings is 1. The summed E-state index contributed by atoms with van der Waals surface area (Å²) in [5.41, 5.74) is 3.15. The Bertz CT molecular complexity index is 920. The quantitative estimate of drug-likeness (QED) is 0.570. The maximum Gasteiger partial charge on any atom is 0.223 e. The summed E-state index contributed by atoms with van der Waals surface area (Å²) in [6.45, 7) is 0. The summed E-state index contributed by atoms with van der Waals surface area (Å²) in [6, 6.07) is 7.74. The van der Waals surface area contributed by atoms with Gasteiger partial charge in [0.2, 0.25) is 5.78 Å². The Morgan fingerprint density at radius 2 is 2.10 bits per heavy atom. The highest BCUT2D eigenvalue weighted by atomic mass is 32.1. The van der Waals surface area contributed by atoms with Crippen LogP contribution in [0, 0.1) is 0 Å². The largest absolute Gasteiger partial charge is 0.360 e. The summed E-state index contributed by atoms with van der Waals surface area (Å²) in [6.07, 6.45) is 5.02. The molecule has 0 spiro atoms. The number of para-hydroxylation sites is 1. The van der Waals surface area contributed by atoms with E-state index in [2.05, 4.69) is 19.9 Å². The molecule has 4 rings (SSSR count). The van der Waals surface area contributed by atoms with Crippen LogP contribution in [0.3, 0.4) is 0 Å². The Morgan fingerprint density at radius 3 is 2.95 bits per heavy atom.